The maximum absolute atomic E-state index is 9.97. The van der Waals surface area contributed by atoms with Crippen LogP contribution in [0.1, 0.15) is 38.5 Å². The maximum Gasteiger partial charge on any atom is 0.161 e. The van der Waals surface area contributed by atoms with Crippen LogP contribution in [-0.2, 0) is 0 Å². The van der Waals surface area contributed by atoms with Crippen molar-refractivity contribution >= 4 is 0 Å². The van der Waals surface area contributed by atoms with Crippen LogP contribution in [0.5, 0.6) is 34.5 Å². The van der Waals surface area contributed by atoms with Gasteiger partial charge in [0.15, 0.2) is 23.0 Å². The lowest BCUT2D eigenvalue weighted by Gasteiger charge is -2.14. The Hall–Kier alpha value is -2.92. The predicted octanol–water partition coefficient (Wildman–Crippen LogP) is 2.21. The van der Waals surface area contributed by atoms with Gasteiger partial charge in [-0.2, -0.15) is 0 Å². The molecule has 36 heavy (non-hydrogen) atoms. The second-order valence-corrected chi connectivity index (χ2v) is 8.76. The number of hydrogen-bond donors (Lipinski definition) is 8. The molecule has 0 aliphatic carbocycles. The fourth-order valence-corrected chi connectivity index (χ4v) is 3.43. The van der Waals surface area contributed by atoms with Gasteiger partial charge >= 0.3 is 0 Å². The van der Waals surface area contributed by atoms with Crippen molar-refractivity contribution in [3.8, 4) is 34.5 Å². The lowest BCUT2D eigenvalue weighted by atomic mass is 10.1. The largest absolute Gasteiger partial charge is 0.504 e. The van der Waals surface area contributed by atoms with Crippen molar-refractivity contribution < 1.29 is 40.1 Å². The van der Waals surface area contributed by atoms with Crippen molar-refractivity contribution in [2.75, 3.05) is 39.4 Å². The van der Waals surface area contributed by atoms with Gasteiger partial charge in [-0.15, -0.1) is 0 Å². The number of nitrogens with one attached hydrogen (secondary N) is 2. The number of aliphatic hydroxyl groups excluding tert-OH is 2. The van der Waals surface area contributed by atoms with Crippen molar-refractivity contribution in [3.63, 3.8) is 0 Å². The molecular weight excluding hydrogens is 468 g/mol. The van der Waals surface area contributed by atoms with Crippen LogP contribution in [-0.4, -0.2) is 82.2 Å². The summed E-state index contributed by atoms with van der Waals surface area (Å²) in [6.45, 7) is 2.68. The molecule has 8 N–H and O–H groups in total. The summed E-state index contributed by atoms with van der Waals surface area (Å²) >= 11 is 0. The van der Waals surface area contributed by atoms with E-state index >= 15 is 0 Å². The molecule has 10 heteroatoms. The number of benzene rings is 2. The average molecular weight is 509 g/mol. The van der Waals surface area contributed by atoms with E-state index in [1.54, 1.807) is 0 Å². The molecule has 0 radical (unpaired) electrons. The average Bonchev–Trinajstić information content (AvgIpc) is 2.86. The second kappa shape index (κ2) is 16.7. The molecule has 0 aliphatic heterocycles. The number of unbranched alkanes of at least 4 members (excludes halogenated alkanes) is 5. The van der Waals surface area contributed by atoms with E-state index in [1.807, 2.05) is 0 Å². The highest BCUT2D eigenvalue weighted by Gasteiger charge is 2.08. The highest BCUT2D eigenvalue weighted by atomic mass is 16.5. The second-order valence-electron chi connectivity index (χ2n) is 8.76. The number of ether oxygens (including phenoxy) is 2. The molecule has 0 fully saturated rings. The van der Waals surface area contributed by atoms with E-state index < -0.39 is 12.2 Å². The zero-order chi connectivity index (χ0) is 26.2. The first kappa shape index (κ1) is 29.3. The first-order valence-electron chi connectivity index (χ1n) is 12.4. The van der Waals surface area contributed by atoms with E-state index in [0.29, 0.717) is 24.6 Å². The first-order chi connectivity index (χ1) is 17.3. The van der Waals surface area contributed by atoms with E-state index in [2.05, 4.69) is 10.6 Å². The van der Waals surface area contributed by atoms with Crippen molar-refractivity contribution in [1.82, 2.24) is 10.6 Å². The number of rotatable bonds is 19. The molecule has 0 saturated carbocycles. The Kier molecular flexibility index (Phi) is 13.6. The number of hydrogen-bond acceptors (Lipinski definition) is 10. The first-order valence-corrected chi connectivity index (χ1v) is 12.4. The molecule has 0 spiro atoms. The highest BCUT2D eigenvalue weighted by molar-refractivity contribution is 5.44. The van der Waals surface area contributed by atoms with Crippen LogP contribution in [0.15, 0.2) is 36.4 Å². The summed E-state index contributed by atoms with van der Waals surface area (Å²) in [4.78, 5) is 0. The summed E-state index contributed by atoms with van der Waals surface area (Å²) in [6.07, 6.45) is 5.25. The van der Waals surface area contributed by atoms with Crippen LogP contribution in [0.25, 0.3) is 0 Å². The minimum absolute atomic E-state index is 0.0955. The third kappa shape index (κ3) is 12.2. The summed E-state index contributed by atoms with van der Waals surface area (Å²) in [5, 5.41) is 63.8. The van der Waals surface area contributed by atoms with Gasteiger partial charge in [-0.1, -0.05) is 25.7 Å². The summed E-state index contributed by atoms with van der Waals surface area (Å²) in [7, 11) is 0. The third-order valence-corrected chi connectivity index (χ3v) is 5.50. The molecule has 0 saturated heterocycles. The van der Waals surface area contributed by atoms with Gasteiger partial charge < -0.3 is 50.7 Å². The van der Waals surface area contributed by atoms with Crippen LogP contribution in [0.4, 0.5) is 0 Å². The van der Waals surface area contributed by atoms with Crippen LogP contribution in [0.3, 0.4) is 0 Å². The normalized spacial score (nSPS) is 12.8. The lowest BCUT2D eigenvalue weighted by Crippen LogP contribution is -2.32. The van der Waals surface area contributed by atoms with E-state index in [0.717, 1.165) is 51.6 Å². The minimum atomic E-state index is -0.667. The molecule has 0 heterocycles. The summed E-state index contributed by atoms with van der Waals surface area (Å²) in [5.41, 5.74) is 0. The molecule has 0 aromatic heterocycles. The van der Waals surface area contributed by atoms with Crippen LogP contribution < -0.4 is 20.1 Å². The Morgan fingerprint density at radius 3 is 1.33 bits per heavy atom. The quantitative estimate of drug-likeness (QED) is 0.104. The molecule has 202 valence electrons. The molecule has 2 rings (SSSR count). The molecule has 0 aliphatic rings. The fourth-order valence-electron chi connectivity index (χ4n) is 3.43. The number of aliphatic hydroxyl groups is 2. The van der Waals surface area contributed by atoms with Gasteiger partial charge in [-0.05, 0) is 50.2 Å². The number of phenolic OH excluding ortho intramolecular Hbond substituents is 4. The molecule has 10 nitrogen and oxygen atoms in total. The van der Waals surface area contributed by atoms with Gasteiger partial charge in [0.1, 0.15) is 36.9 Å². The van der Waals surface area contributed by atoms with Gasteiger partial charge in [-0.3, -0.25) is 0 Å². The topological polar surface area (TPSA) is 164 Å². The van der Waals surface area contributed by atoms with Crippen molar-refractivity contribution in [3.05, 3.63) is 36.4 Å². The monoisotopic (exact) mass is 508 g/mol. The number of phenols is 4. The Morgan fingerprint density at radius 2 is 0.944 bits per heavy atom. The van der Waals surface area contributed by atoms with E-state index in [9.17, 15) is 30.6 Å². The van der Waals surface area contributed by atoms with Crippen LogP contribution >= 0.6 is 0 Å². The Labute approximate surface area is 212 Å². The van der Waals surface area contributed by atoms with E-state index in [1.165, 1.54) is 36.4 Å². The fraction of sp³-hybridized carbons (Fsp3) is 0.538. The lowest BCUT2D eigenvalue weighted by molar-refractivity contribution is 0.106. The minimum Gasteiger partial charge on any atom is -0.504 e. The molecule has 0 bridgehead atoms. The SMILES string of the molecule is Oc1ccc(OCC(O)CNCCCCCCCCNCC(O)COc2ccc(O)c(O)c2)cc1O. The molecule has 0 amide bonds. The Balaban J connectivity index is 1.35. The third-order valence-electron chi connectivity index (χ3n) is 5.50. The summed E-state index contributed by atoms with van der Waals surface area (Å²) in [6, 6.07) is 8.33. The molecule has 2 unspecified atom stereocenters. The number of aromatic hydroxyl groups is 4. The summed E-state index contributed by atoms with van der Waals surface area (Å²) < 4.78 is 10.8. The molecule has 2 aromatic rings. The van der Waals surface area contributed by atoms with Crippen molar-refractivity contribution in [2.45, 2.75) is 50.7 Å². The Morgan fingerprint density at radius 1 is 0.556 bits per heavy atom. The maximum atomic E-state index is 9.97. The predicted molar refractivity (Wildman–Crippen MR) is 136 cm³/mol. The molecule has 2 atom stereocenters. The Bertz CT molecular complexity index is 812. The van der Waals surface area contributed by atoms with Crippen LogP contribution in [0.2, 0.25) is 0 Å². The van der Waals surface area contributed by atoms with Crippen LogP contribution in [0, 0.1) is 0 Å². The van der Waals surface area contributed by atoms with Gasteiger partial charge in [0, 0.05) is 25.2 Å². The van der Waals surface area contributed by atoms with Gasteiger partial charge in [0.25, 0.3) is 0 Å². The van der Waals surface area contributed by atoms with Gasteiger partial charge in [0.05, 0.1) is 0 Å². The highest BCUT2D eigenvalue weighted by Crippen LogP contribution is 2.29. The smallest absolute Gasteiger partial charge is 0.161 e. The molecule has 2 aromatic carbocycles. The van der Waals surface area contributed by atoms with Crippen molar-refractivity contribution in [2.24, 2.45) is 0 Å². The van der Waals surface area contributed by atoms with E-state index in [4.69, 9.17) is 9.47 Å². The van der Waals surface area contributed by atoms with Crippen molar-refractivity contribution in [1.29, 1.82) is 0 Å². The van der Waals surface area contributed by atoms with E-state index in [-0.39, 0.29) is 36.2 Å². The molecular formula is C26H40N2O8. The van der Waals surface area contributed by atoms with Gasteiger partial charge in [0.2, 0.25) is 0 Å². The standard InChI is InChI=1S/C26H40N2O8/c29-19(17-35-21-7-9-23(31)25(33)13-21)15-27-11-5-3-1-2-4-6-12-28-16-20(30)18-36-22-8-10-24(32)26(34)14-22/h7-10,13-14,19-20,27-34H,1-6,11-12,15-18H2. The zero-order valence-corrected chi connectivity index (χ0v) is 20.6. The summed E-state index contributed by atoms with van der Waals surface area (Å²) in [5.74, 6) is -0.170. The zero-order valence-electron chi connectivity index (χ0n) is 20.6. The van der Waals surface area contributed by atoms with Gasteiger partial charge in [-0.25, -0.2) is 0 Å².